The number of amides is 1. The second kappa shape index (κ2) is 9.75. The van der Waals surface area contributed by atoms with Crippen LogP contribution < -0.4 is 15.4 Å². The van der Waals surface area contributed by atoms with Crippen LogP contribution in [0.25, 0.3) is 0 Å². The average Bonchev–Trinajstić information content (AvgIpc) is 3.15. The normalized spacial score (nSPS) is 10.2. The molecule has 1 heterocycles. The monoisotopic (exact) mass is 398 g/mol. The molecule has 0 aliphatic rings. The zero-order chi connectivity index (χ0) is 18.9. The van der Waals surface area contributed by atoms with Gasteiger partial charge in [-0.1, -0.05) is 47.4 Å². The van der Waals surface area contributed by atoms with Crippen molar-refractivity contribution in [2.75, 3.05) is 22.9 Å². The molecule has 0 spiro atoms. The predicted octanol–water partition coefficient (Wildman–Crippen LogP) is 4.66. The number of thioether (sulfide) groups is 1. The van der Waals surface area contributed by atoms with Crippen molar-refractivity contribution >= 4 is 39.8 Å². The summed E-state index contributed by atoms with van der Waals surface area (Å²) in [5.41, 5.74) is 0.714. The third kappa shape index (κ3) is 6.12. The Morgan fingerprint density at radius 3 is 2.59 bits per heavy atom. The van der Waals surface area contributed by atoms with Gasteiger partial charge in [0.15, 0.2) is 4.34 Å². The number of rotatable bonds is 9. The number of carbonyl (C=O) groups excluding carboxylic acids is 1. The van der Waals surface area contributed by atoms with Crippen LogP contribution in [0.2, 0.25) is 0 Å². The van der Waals surface area contributed by atoms with E-state index in [0.29, 0.717) is 23.1 Å². The van der Waals surface area contributed by atoms with Gasteiger partial charge in [-0.2, -0.15) is 0 Å². The van der Waals surface area contributed by atoms with E-state index in [2.05, 4.69) is 27.4 Å². The minimum atomic E-state index is -0.104. The highest BCUT2D eigenvalue weighted by molar-refractivity contribution is 8.01. The number of para-hydroxylation sites is 1. The van der Waals surface area contributed by atoms with Crippen molar-refractivity contribution in [3.05, 3.63) is 67.3 Å². The average molecular weight is 399 g/mol. The first-order chi connectivity index (χ1) is 13.2. The van der Waals surface area contributed by atoms with Crippen molar-refractivity contribution in [2.45, 2.75) is 4.34 Å². The Morgan fingerprint density at radius 2 is 1.85 bits per heavy atom. The Kier molecular flexibility index (Phi) is 6.84. The molecule has 0 atom stereocenters. The molecule has 1 aromatic heterocycles. The van der Waals surface area contributed by atoms with Crippen LogP contribution in [-0.2, 0) is 4.79 Å². The second-order valence-electron chi connectivity index (χ2n) is 5.32. The molecule has 3 aromatic rings. The Morgan fingerprint density at radius 1 is 1.11 bits per heavy atom. The third-order valence-corrected chi connectivity index (χ3v) is 5.26. The van der Waals surface area contributed by atoms with Crippen LogP contribution in [0.15, 0.2) is 71.6 Å². The summed E-state index contributed by atoms with van der Waals surface area (Å²) in [7, 11) is 0. The summed E-state index contributed by atoms with van der Waals surface area (Å²) in [5, 5.41) is 14.7. The van der Waals surface area contributed by atoms with E-state index in [1.54, 1.807) is 6.08 Å². The fourth-order valence-electron chi connectivity index (χ4n) is 2.05. The quantitative estimate of drug-likeness (QED) is 0.403. The summed E-state index contributed by atoms with van der Waals surface area (Å²) in [6.07, 6.45) is 1.75. The molecule has 0 unspecified atom stereocenters. The van der Waals surface area contributed by atoms with Gasteiger partial charge in [0.2, 0.25) is 11.0 Å². The molecule has 6 nitrogen and oxygen atoms in total. The van der Waals surface area contributed by atoms with Crippen LogP contribution in [0.1, 0.15) is 0 Å². The van der Waals surface area contributed by atoms with Crippen LogP contribution >= 0.6 is 23.1 Å². The molecule has 0 aliphatic heterocycles. The second-order valence-corrected chi connectivity index (χ2v) is 7.52. The lowest BCUT2D eigenvalue weighted by molar-refractivity contribution is -0.113. The molecule has 0 saturated carbocycles. The van der Waals surface area contributed by atoms with Crippen molar-refractivity contribution in [3.8, 4) is 11.5 Å². The number of ether oxygens (including phenoxy) is 1. The number of carbonyl (C=O) groups is 1. The fraction of sp³-hybridized carbons (Fsp3) is 0.105. The van der Waals surface area contributed by atoms with Gasteiger partial charge in [0.25, 0.3) is 0 Å². The van der Waals surface area contributed by atoms with Crippen LogP contribution in [0, 0.1) is 0 Å². The Hall–Kier alpha value is -2.84. The van der Waals surface area contributed by atoms with Gasteiger partial charge < -0.3 is 15.4 Å². The molecule has 0 radical (unpaired) electrons. The summed E-state index contributed by atoms with van der Waals surface area (Å²) in [5.74, 6) is 1.64. The number of hydrogen-bond donors (Lipinski definition) is 2. The SMILES string of the molecule is C=CCNc1nnc(SCC(=O)Nc2ccc(Oc3ccccc3)cc2)s1. The Labute approximate surface area is 165 Å². The summed E-state index contributed by atoms with van der Waals surface area (Å²) in [4.78, 5) is 12.1. The number of anilines is 2. The lowest BCUT2D eigenvalue weighted by Gasteiger charge is -2.07. The van der Waals surface area contributed by atoms with Gasteiger partial charge in [0, 0.05) is 12.2 Å². The molecule has 3 rings (SSSR count). The van der Waals surface area contributed by atoms with Crippen LogP contribution in [0.5, 0.6) is 11.5 Å². The maximum Gasteiger partial charge on any atom is 0.234 e. The highest BCUT2D eigenvalue weighted by atomic mass is 32.2. The van der Waals surface area contributed by atoms with E-state index in [-0.39, 0.29) is 11.7 Å². The van der Waals surface area contributed by atoms with Crippen molar-refractivity contribution < 1.29 is 9.53 Å². The first-order valence-corrected chi connectivity index (χ1v) is 9.97. The minimum Gasteiger partial charge on any atom is -0.457 e. The van der Waals surface area contributed by atoms with Gasteiger partial charge in [-0.25, -0.2) is 0 Å². The van der Waals surface area contributed by atoms with E-state index < -0.39 is 0 Å². The first-order valence-electron chi connectivity index (χ1n) is 8.17. The standard InChI is InChI=1S/C19H18N4O2S2/c1-2-12-20-18-22-23-19(27-18)26-13-17(24)21-14-8-10-16(11-9-14)25-15-6-4-3-5-7-15/h2-11H,1,12-13H2,(H,20,22)(H,21,24). The lowest BCUT2D eigenvalue weighted by atomic mass is 10.3. The van der Waals surface area contributed by atoms with Gasteiger partial charge in [0.05, 0.1) is 5.75 Å². The topological polar surface area (TPSA) is 76.1 Å². The third-order valence-electron chi connectivity index (χ3n) is 3.25. The summed E-state index contributed by atoms with van der Waals surface area (Å²) in [6, 6.07) is 16.8. The Bertz CT molecular complexity index is 882. The van der Waals surface area contributed by atoms with Gasteiger partial charge in [-0.15, -0.1) is 16.8 Å². The molecule has 0 aliphatic carbocycles. The zero-order valence-corrected chi connectivity index (χ0v) is 16.1. The van der Waals surface area contributed by atoms with Crippen molar-refractivity contribution in [2.24, 2.45) is 0 Å². The van der Waals surface area contributed by atoms with E-state index >= 15 is 0 Å². The zero-order valence-electron chi connectivity index (χ0n) is 14.4. The number of nitrogens with one attached hydrogen (secondary N) is 2. The molecular weight excluding hydrogens is 380 g/mol. The molecule has 27 heavy (non-hydrogen) atoms. The Balaban J connectivity index is 1.46. The lowest BCUT2D eigenvalue weighted by Crippen LogP contribution is -2.13. The van der Waals surface area contributed by atoms with E-state index in [9.17, 15) is 4.79 Å². The number of hydrogen-bond acceptors (Lipinski definition) is 7. The van der Waals surface area contributed by atoms with E-state index in [1.807, 2.05) is 54.6 Å². The van der Waals surface area contributed by atoms with Gasteiger partial charge >= 0.3 is 0 Å². The summed E-state index contributed by atoms with van der Waals surface area (Å²) < 4.78 is 6.47. The maximum absolute atomic E-state index is 12.1. The van der Waals surface area contributed by atoms with E-state index in [4.69, 9.17) is 4.74 Å². The van der Waals surface area contributed by atoms with Gasteiger partial charge in [-0.05, 0) is 36.4 Å². The van der Waals surface area contributed by atoms with Gasteiger partial charge in [-0.3, -0.25) is 4.79 Å². The molecule has 138 valence electrons. The molecule has 1 amide bonds. The van der Waals surface area contributed by atoms with Crippen molar-refractivity contribution in [1.82, 2.24) is 10.2 Å². The van der Waals surface area contributed by atoms with Crippen molar-refractivity contribution in [1.29, 1.82) is 0 Å². The highest BCUT2D eigenvalue weighted by Gasteiger charge is 2.08. The molecule has 0 bridgehead atoms. The number of nitrogens with zero attached hydrogens (tertiary/aromatic N) is 2. The minimum absolute atomic E-state index is 0.104. The van der Waals surface area contributed by atoms with E-state index in [1.165, 1.54) is 23.1 Å². The predicted molar refractivity (Wildman–Crippen MR) is 111 cm³/mol. The van der Waals surface area contributed by atoms with Crippen molar-refractivity contribution in [3.63, 3.8) is 0 Å². The first kappa shape index (κ1) is 18.9. The van der Waals surface area contributed by atoms with Gasteiger partial charge in [0.1, 0.15) is 11.5 Å². The van der Waals surface area contributed by atoms with E-state index in [0.717, 1.165) is 10.1 Å². The largest absolute Gasteiger partial charge is 0.457 e. The number of aromatic nitrogens is 2. The molecule has 0 saturated heterocycles. The fourth-order valence-corrected chi connectivity index (χ4v) is 3.61. The molecular formula is C19H18N4O2S2. The molecule has 2 aromatic carbocycles. The molecule has 2 N–H and O–H groups in total. The molecule has 8 heteroatoms. The molecule has 0 fully saturated rings. The summed E-state index contributed by atoms with van der Waals surface area (Å²) >= 11 is 2.76. The van der Waals surface area contributed by atoms with Crippen LogP contribution in [-0.4, -0.2) is 28.4 Å². The highest BCUT2D eigenvalue weighted by Crippen LogP contribution is 2.26. The smallest absolute Gasteiger partial charge is 0.234 e. The van der Waals surface area contributed by atoms with Crippen LogP contribution in [0.4, 0.5) is 10.8 Å². The van der Waals surface area contributed by atoms with Crippen LogP contribution in [0.3, 0.4) is 0 Å². The maximum atomic E-state index is 12.1. The number of benzene rings is 2. The summed E-state index contributed by atoms with van der Waals surface area (Å²) in [6.45, 7) is 4.26.